The number of fused-ring (bicyclic) bond motifs is 1. The molecule has 0 atom stereocenters. The van der Waals surface area contributed by atoms with E-state index in [0.717, 1.165) is 23.9 Å². The van der Waals surface area contributed by atoms with Gasteiger partial charge in [0.2, 0.25) is 0 Å². The second-order valence-electron chi connectivity index (χ2n) is 3.35. The van der Waals surface area contributed by atoms with Crippen molar-refractivity contribution in [2.75, 3.05) is 0 Å². The van der Waals surface area contributed by atoms with Crippen LogP contribution in [0, 0.1) is 0 Å². The molecule has 0 aromatic carbocycles. The van der Waals surface area contributed by atoms with Gasteiger partial charge in [0.25, 0.3) is 0 Å². The Morgan fingerprint density at radius 3 is 2.79 bits per heavy atom. The first-order valence-electron chi connectivity index (χ1n) is 5.08. The Hall–Kier alpha value is -1.44. The monoisotopic (exact) mass is 186 g/mol. The first-order chi connectivity index (χ1) is 6.85. The van der Waals surface area contributed by atoms with Gasteiger partial charge in [0.15, 0.2) is 5.65 Å². The van der Waals surface area contributed by atoms with E-state index in [0.29, 0.717) is 0 Å². The smallest absolute Gasteiger partial charge is 0.159 e. The molecule has 72 valence electrons. The lowest BCUT2D eigenvalue weighted by Gasteiger charge is -2.05. The zero-order valence-electron chi connectivity index (χ0n) is 8.62. The minimum Gasteiger partial charge on any atom is -0.237 e. The molecule has 0 saturated heterocycles. The van der Waals surface area contributed by atoms with E-state index >= 15 is 0 Å². The SMILES string of the molecule is CCc1cc2cccnc2nc1CC. The van der Waals surface area contributed by atoms with Crippen molar-refractivity contribution < 1.29 is 0 Å². The maximum absolute atomic E-state index is 4.55. The van der Waals surface area contributed by atoms with Crippen LogP contribution in [-0.4, -0.2) is 9.97 Å². The lowest BCUT2D eigenvalue weighted by molar-refractivity contribution is 0.975. The molecule has 2 heterocycles. The summed E-state index contributed by atoms with van der Waals surface area (Å²) in [6.07, 6.45) is 3.82. The Labute approximate surface area is 84.0 Å². The van der Waals surface area contributed by atoms with E-state index in [9.17, 15) is 0 Å². The van der Waals surface area contributed by atoms with Gasteiger partial charge in [-0.2, -0.15) is 0 Å². The van der Waals surface area contributed by atoms with Gasteiger partial charge in [0.05, 0.1) is 0 Å². The summed E-state index contributed by atoms with van der Waals surface area (Å²) in [6.45, 7) is 4.30. The third kappa shape index (κ3) is 1.48. The average Bonchev–Trinajstić information content (AvgIpc) is 2.27. The highest BCUT2D eigenvalue weighted by Crippen LogP contribution is 2.15. The largest absolute Gasteiger partial charge is 0.237 e. The van der Waals surface area contributed by atoms with Crippen molar-refractivity contribution in [1.29, 1.82) is 0 Å². The Balaban J connectivity index is 2.69. The van der Waals surface area contributed by atoms with Crippen molar-refractivity contribution in [3.05, 3.63) is 35.7 Å². The normalized spacial score (nSPS) is 10.7. The molecule has 2 aromatic heterocycles. The zero-order chi connectivity index (χ0) is 9.97. The Kier molecular flexibility index (Phi) is 2.44. The summed E-state index contributed by atoms with van der Waals surface area (Å²) >= 11 is 0. The first-order valence-corrected chi connectivity index (χ1v) is 5.08. The highest BCUT2D eigenvalue weighted by Gasteiger charge is 2.03. The molecule has 0 aliphatic rings. The van der Waals surface area contributed by atoms with E-state index in [2.05, 4.69) is 35.9 Å². The predicted octanol–water partition coefficient (Wildman–Crippen LogP) is 2.75. The predicted molar refractivity (Wildman–Crippen MR) is 58.3 cm³/mol. The molecule has 14 heavy (non-hydrogen) atoms. The van der Waals surface area contributed by atoms with Gasteiger partial charge >= 0.3 is 0 Å². The molecule has 0 amide bonds. The maximum atomic E-state index is 4.55. The van der Waals surface area contributed by atoms with E-state index in [-0.39, 0.29) is 0 Å². The highest BCUT2D eigenvalue weighted by molar-refractivity contribution is 5.75. The number of aromatic nitrogens is 2. The molecule has 0 aliphatic carbocycles. The molecule has 0 fully saturated rings. The quantitative estimate of drug-likeness (QED) is 0.720. The second kappa shape index (κ2) is 3.74. The van der Waals surface area contributed by atoms with Gasteiger partial charge in [-0.1, -0.05) is 13.8 Å². The van der Waals surface area contributed by atoms with Crippen LogP contribution in [-0.2, 0) is 12.8 Å². The number of aryl methyl sites for hydroxylation is 2. The molecule has 0 bridgehead atoms. The molecular weight excluding hydrogens is 172 g/mol. The molecular formula is C12H14N2. The number of nitrogens with zero attached hydrogens (tertiary/aromatic N) is 2. The molecule has 0 radical (unpaired) electrons. The van der Waals surface area contributed by atoms with E-state index in [1.54, 1.807) is 6.20 Å². The van der Waals surface area contributed by atoms with E-state index in [4.69, 9.17) is 0 Å². The maximum Gasteiger partial charge on any atom is 0.159 e. The summed E-state index contributed by atoms with van der Waals surface area (Å²) in [5.41, 5.74) is 3.38. The number of pyridine rings is 2. The summed E-state index contributed by atoms with van der Waals surface area (Å²) in [5.74, 6) is 0. The van der Waals surface area contributed by atoms with Gasteiger partial charge in [-0.3, -0.25) is 0 Å². The van der Waals surface area contributed by atoms with Crippen LogP contribution in [0.4, 0.5) is 0 Å². The molecule has 2 aromatic rings. The van der Waals surface area contributed by atoms with E-state index < -0.39 is 0 Å². The fraction of sp³-hybridized carbons (Fsp3) is 0.333. The van der Waals surface area contributed by atoms with Crippen LogP contribution in [0.3, 0.4) is 0 Å². The summed E-state index contributed by atoms with van der Waals surface area (Å²) in [7, 11) is 0. The third-order valence-electron chi connectivity index (χ3n) is 2.47. The first kappa shape index (κ1) is 9.13. The van der Waals surface area contributed by atoms with Gasteiger partial charge in [-0.25, -0.2) is 9.97 Å². The highest BCUT2D eigenvalue weighted by atomic mass is 14.8. The standard InChI is InChI=1S/C12H14N2/c1-3-9-8-10-6-5-7-13-12(10)14-11(9)4-2/h5-8H,3-4H2,1-2H3. The Morgan fingerprint density at radius 1 is 1.21 bits per heavy atom. The van der Waals surface area contributed by atoms with Crippen LogP contribution in [0.15, 0.2) is 24.4 Å². The van der Waals surface area contributed by atoms with Crippen LogP contribution in [0.25, 0.3) is 11.0 Å². The van der Waals surface area contributed by atoms with Crippen LogP contribution >= 0.6 is 0 Å². The topological polar surface area (TPSA) is 25.8 Å². The van der Waals surface area contributed by atoms with Crippen molar-refractivity contribution in [2.45, 2.75) is 26.7 Å². The average molecular weight is 186 g/mol. The number of rotatable bonds is 2. The van der Waals surface area contributed by atoms with Crippen LogP contribution in [0.1, 0.15) is 25.1 Å². The second-order valence-corrected chi connectivity index (χ2v) is 3.35. The van der Waals surface area contributed by atoms with Crippen LogP contribution < -0.4 is 0 Å². The Bertz CT molecular complexity index is 407. The van der Waals surface area contributed by atoms with Gasteiger partial charge in [-0.05, 0) is 36.6 Å². The molecule has 0 spiro atoms. The molecule has 0 saturated carbocycles. The lowest BCUT2D eigenvalue weighted by Crippen LogP contribution is -1.96. The van der Waals surface area contributed by atoms with Gasteiger partial charge in [0, 0.05) is 17.3 Å². The van der Waals surface area contributed by atoms with Crippen LogP contribution in [0.2, 0.25) is 0 Å². The summed E-state index contributed by atoms with van der Waals surface area (Å²) in [4.78, 5) is 8.81. The van der Waals surface area contributed by atoms with Crippen molar-refractivity contribution >= 4 is 11.0 Å². The van der Waals surface area contributed by atoms with Crippen molar-refractivity contribution in [3.63, 3.8) is 0 Å². The molecule has 0 unspecified atom stereocenters. The van der Waals surface area contributed by atoms with E-state index in [1.807, 2.05) is 6.07 Å². The fourth-order valence-electron chi connectivity index (χ4n) is 1.70. The van der Waals surface area contributed by atoms with Gasteiger partial charge < -0.3 is 0 Å². The summed E-state index contributed by atoms with van der Waals surface area (Å²) < 4.78 is 0. The molecule has 0 N–H and O–H groups in total. The minimum absolute atomic E-state index is 0.863. The fourth-order valence-corrected chi connectivity index (χ4v) is 1.70. The summed E-state index contributed by atoms with van der Waals surface area (Å²) in [5, 5.41) is 1.14. The molecule has 0 aliphatic heterocycles. The number of hydrogen-bond acceptors (Lipinski definition) is 2. The molecule has 2 heteroatoms. The van der Waals surface area contributed by atoms with Crippen molar-refractivity contribution in [1.82, 2.24) is 9.97 Å². The van der Waals surface area contributed by atoms with E-state index in [1.165, 1.54) is 11.3 Å². The van der Waals surface area contributed by atoms with Gasteiger partial charge in [-0.15, -0.1) is 0 Å². The Morgan fingerprint density at radius 2 is 2.07 bits per heavy atom. The van der Waals surface area contributed by atoms with Crippen molar-refractivity contribution in [2.24, 2.45) is 0 Å². The lowest BCUT2D eigenvalue weighted by atomic mass is 10.1. The zero-order valence-corrected chi connectivity index (χ0v) is 8.62. The van der Waals surface area contributed by atoms with Crippen molar-refractivity contribution in [3.8, 4) is 0 Å². The third-order valence-corrected chi connectivity index (χ3v) is 2.47. The van der Waals surface area contributed by atoms with Gasteiger partial charge in [0.1, 0.15) is 0 Å². The summed E-state index contributed by atoms with van der Waals surface area (Å²) in [6, 6.07) is 6.22. The molecule has 2 nitrogen and oxygen atoms in total. The minimum atomic E-state index is 0.863. The number of hydrogen-bond donors (Lipinski definition) is 0. The van der Waals surface area contributed by atoms with Crippen LogP contribution in [0.5, 0.6) is 0 Å². The molecule has 2 rings (SSSR count).